The lowest BCUT2D eigenvalue weighted by Gasteiger charge is -2.10. The van der Waals surface area contributed by atoms with E-state index in [2.05, 4.69) is 36.5 Å². The highest BCUT2D eigenvalue weighted by molar-refractivity contribution is 5.67. The third-order valence-corrected chi connectivity index (χ3v) is 2.60. The van der Waals surface area contributed by atoms with Gasteiger partial charge in [0.15, 0.2) is 0 Å². The Morgan fingerprint density at radius 3 is 2.47 bits per heavy atom. The van der Waals surface area contributed by atoms with Crippen LogP contribution in [-0.4, -0.2) is 23.7 Å². The van der Waals surface area contributed by atoms with Crippen LogP contribution in [0.2, 0.25) is 0 Å². The second-order valence-electron chi connectivity index (χ2n) is 4.16. The molecule has 1 aromatic carbocycles. The maximum Gasteiger partial charge on any atom is 0.304 e. The van der Waals surface area contributed by atoms with E-state index in [1.54, 1.807) is 0 Å². The molecule has 1 atom stereocenters. The van der Waals surface area contributed by atoms with E-state index in [1.807, 2.05) is 0 Å². The number of nitrogens with two attached hydrogens (primary N) is 1. The average Bonchev–Trinajstić information content (AvgIpc) is 2.29. The first-order valence-electron chi connectivity index (χ1n) is 5.87. The van der Waals surface area contributed by atoms with Gasteiger partial charge in [0.05, 0.1) is 6.42 Å². The summed E-state index contributed by atoms with van der Waals surface area (Å²) in [5, 5.41) is 11.7. The summed E-state index contributed by atoms with van der Waals surface area (Å²) in [5.41, 5.74) is 8.14. The zero-order valence-corrected chi connectivity index (χ0v) is 10.1. The summed E-state index contributed by atoms with van der Waals surface area (Å²) < 4.78 is 0. The normalized spacial score (nSPS) is 12.4. The van der Waals surface area contributed by atoms with Crippen molar-refractivity contribution < 1.29 is 9.90 Å². The third-order valence-electron chi connectivity index (χ3n) is 2.60. The van der Waals surface area contributed by atoms with Crippen molar-refractivity contribution in [2.75, 3.05) is 6.54 Å². The fourth-order valence-electron chi connectivity index (χ4n) is 1.59. The van der Waals surface area contributed by atoms with Gasteiger partial charge in [0.2, 0.25) is 0 Å². The van der Waals surface area contributed by atoms with Gasteiger partial charge in [0.25, 0.3) is 0 Å². The number of benzene rings is 1. The molecule has 4 N–H and O–H groups in total. The second kappa shape index (κ2) is 7.04. The summed E-state index contributed by atoms with van der Waals surface area (Å²) in [5.74, 6) is -0.855. The van der Waals surface area contributed by atoms with Crippen molar-refractivity contribution in [3.8, 4) is 0 Å². The number of hydrogen-bond donors (Lipinski definition) is 3. The van der Waals surface area contributed by atoms with E-state index < -0.39 is 5.97 Å². The Morgan fingerprint density at radius 1 is 1.35 bits per heavy atom. The highest BCUT2D eigenvalue weighted by Gasteiger charge is 2.06. The Kier molecular flexibility index (Phi) is 5.66. The van der Waals surface area contributed by atoms with Gasteiger partial charge in [-0.15, -0.1) is 0 Å². The largest absolute Gasteiger partial charge is 0.481 e. The molecule has 0 saturated heterocycles. The van der Waals surface area contributed by atoms with E-state index in [0.29, 0.717) is 6.54 Å². The fourth-order valence-corrected chi connectivity index (χ4v) is 1.59. The molecular weight excluding hydrogens is 216 g/mol. The molecular formula is C13H20N2O2. The van der Waals surface area contributed by atoms with Crippen molar-refractivity contribution >= 4 is 5.97 Å². The first-order valence-corrected chi connectivity index (χ1v) is 5.87. The summed E-state index contributed by atoms with van der Waals surface area (Å²) in [6.07, 6.45) is 1.04. The zero-order chi connectivity index (χ0) is 12.7. The molecule has 0 aliphatic heterocycles. The quantitative estimate of drug-likeness (QED) is 0.663. The second-order valence-corrected chi connectivity index (χ2v) is 4.16. The topological polar surface area (TPSA) is 75.3 Å². The van der Waals surface area contributed by atoms with Crippen molar-refractivity contribution in [2.24, 2.45) is 5.73 Å². The van der Waals surface area contributed by atoms with E-state index >= 15 is 0 Å². The molecule has 0 aliphatic rings. The number of carbonyl (C=O) groups is 1. The van der Waals surface area contributed by atoms with E-state index in [9.17, 15) is 4.79 Å². The van der Waals surface area contributed by atoms with Gasteiger partial charge >= 0.3 is 5.97 Å². The molecule has 0 saturated carbocycles. The van der Waals surface area contributed by atoms with E-state index in [-0.39, 0.29) is 12.5 Å². The van der Waals surface area contributed by atoms with Crippen molar-refractivity contribution in [2.45, 2.75) is 32.4 Å². The van der Waals surface area contributed by atoms with E-state index in [1.165, 1.54) is 11.1 Å². The Labute approximate surface area is 102 Å². The van der Waals surface area contributed by atoms with Crippen molar-refractivity contribution in [3.63, 3.8) is 0 Å². The molecule has 0 aromatic heterocycles. The predicted molar refractivity (Wildman–Crippen MR) is 67.8 cm³/mol. The minimum Gasteiger partial charge on any atom is -0.481 e. The highest BCUT2D eigenvalue weighted by atomic mass is 16.4. The molecule has 0 bridgehead atoms. The van der Waals surface area contributed by atoms with Gasteiger partial charge in [-0.1, -0.05) is 31.2 Å². The molecule has 17 heavy (non-hydrogen) atoms. The van der Waals surface area contributed by atoms with Crippen LogP contribution in [0.1, 0.15) is 24.5 Å². The molecule has 0 aliphatic carbocycles. The van der Waals surface area contributed by atoms with E-state index in [4.69, 9.17) is 10.8 Å². The van der Waals surface area contributed by atoms with Gasteiger partial charge in [0, 0.05) is 19.1 Å². The van der Waals surface area contributed by atoms with Crippen LogP contribution in [0, 0.1) is 0 Å². The zero-order valence-electron chi connectivity index (χ0n) is 10.1. The Balaban J connectivity index is 2.28. The van der Waals surface area contributed by atoms with Gasteiger partial charge in [-0.2, -0.15) is 0 Å². The standard InChI is InChI=1S/C13H20N2O2/c1-2-10-3-5-11(6-4-10)8-15-9-12(14)7-13(16)17/h3-6,12,15H,2,7-9,14H2,1H3,(H,16,17). The predicted octanol–water partition coefficient (Wildman–Crippen LogP) is 1.14. The lowest BCUT2D eigenvalue weighted by molar-refractivity contribution is -0.137. The lowest BCUT2D eigenvalue weighted by atomic mass is 10.1. The van der Waals surface area contributed by atoms with Crippen LogP contribution in [0.25, 0.3) is 0 Å². The van der Waals surface area contributed by atoms with Crippen LogP contribution >= 0.6 is 0 Å². The summed E-state index contributed by atoms with van der Waals surface area (Å²) in [7, 11) is 0. The minimum atomic E-state index is -0.855. The van der Waals surface area contributed by atoms with Gasteiger partial charge in [-0.25, -0.2) is 0 Å². The number of carboxylic acid groups (broad SMARTS) is 1. The van der Waals surface area contributed by atoms with Gasteiger partial charge in [-0.05, 0) is 17.5 Å². The van der Waals surface area contributed by atoms with Crippen LogP contribution in [0.3, 0.4) is 0 Å². The molecule has 0 radical (unpaired) electrons. The number of nitrogens with one attached hydrogen (secondary N) is 1. The van der Waals surface area contributed by atoms with Gasteiger partial charge < -0.3 is 16.2 Å². The smallest absolute Gasteiger partial charge is 0.304 e. The molecule has 1 unspecified atom stereocenters. The SMILES string of the molecule is CCc1ccc(CNCC(N)CC(=O)O)cc1. The summed E-state index contributed by atoms with van der Waals surface area (Å²) in [4.78, 5) is 10.4. The molecule has 0 amide bonds. The Morgan fingerprint density at radius 2 is 1.94 bits per heavy atom. The highest BCUT2D eigenvalue weighted by Crippen LogP contribution is 2.04. The van der Waals surface area contributed by atoms with Gasteiger partial charge in [0.1, 0.15) is 0 Å². The van der Waals surface area contributed by atoms with Crippen LogP contribution in [0.5, 0.6) is 0 Å². The summed E-state index contributed by atoms with van der Waals surface area (Å²) in [6.45, 7) is 3.36. The monoisotopic (exact) mass is 236 g/mol. The number of rotatable bonds is 7. The first kappa shape index (κ1) is 13.7. The van der Waals surface area contributed by atoms with Crippen molar-refractivity contribution in [1.82, 2.24) is 5.32 Å². The molecule has 0 spiro atoms. The minimum absolute atomic E-state index is 0.00176. The maximum absolute atomic E-state index is 10.4. The lowest BCUT2D eigenvalue weighted by Crippen LogP contribution is -2.35. The van der Waals surface area contributed by atoms with Crippen LogP contribution in [0.4, 0.5) is 0 Å². The van der Waals surface area contributed by atoms with Crippen LogP contribution in [0.15, 0.2) is 24.3 Å². The molecule has 4 nitrogen and oxygen atoms in total. The number of aryl methyl sites for hydroxylation is 1. The van der Waals surface area contributed by atoms with Gasteiger partial charge in [-0.3, -0.25) is 4.79 Å². The number of carboxylic acids is 1. The molecule has 1 rings (SSSR count). The van der Waals surface area contributed by atoms with Crippen LogP contribution in [-0.2, 0) is 17.8 Å². The van der Waals surface area contributed by atoms with E-state index in [0.717, 1.165) is 13.0 Å². The Bertz CT molecular complexity index is 349. The van der Waals surface area contributed by atoms with Crippen molar-refractivity contribution in [3.05, 3.63) is 35.4 Å². The Hall–Kier alpha value is -1.39. The molecule has 0 heterocycles. The average molecular weight is 236 g/mol. The molecule has 0 fully saturated rings. The summed E-state index contributed by atoms with van der Waals surface area (Å²) in [6, 6.07) is 8.04. The number of hydrogen-bond acceptors (Lipinski definition) is 3. The first-order chi connectivity index (χ1) is 8.11. The third kappa shape index (κ3) is 5.47. The summed E-state index contributed by atoms with van der Waals surface area (Å²) >= 11 is 0. The maximum atomic E-state index is 10.4. The molecule has 94 valence electrons. The van der Waals surface area contributed by atoms with Crippen molar-refractivity contribution in [1.29, 1.82) is 0 Å². The molecule has 4 heteroatoms. The number of aliphatic carboxylic acids is 1. The molecule has 1 aromatic rings. The fraction of sp³-hybridized carbons (Fsp3) is 0.462. The van der Waals surface area contributed by atoms with Crippen LogP contribution < -0.4 is 11.1 Å².